The van der Waals surface area contributed by atoms with E-state index in [1.807, 2.05) is 24.3 Å². The topological polar surface area (TPSA) is 90.9 Å². The Morgan fingerprint density at radius 3 is 2.76 bits per heavy atom. The van der Waals surface area contributed by atoms with E-state index in [2.05, 4.69) is 5.32 Å². The number of para-hydroxylation sites is 1. The molecule has 1 amide bonds. The van der Waals surface area contributed by atoms with Crippen LogP contribution in [0.4, 0.5) is 5.69 Å². The molecule has 1 N–H and O–H groups in total. The first-order valence-corrected chi connectivity index (χ1v) is 10.1. The van der Waals surface area contributed by atoms with Crippen molar-refractivity contribution in [2.24, 2.45) is 0 Å². The maximum absolute atomic E-state index is 12.4. The molecule has 2 aliphatic heterocycles. The fourth-order valence-electron chi connectivity index (χ4n) is 3.00. The Labute approximate surface area is 171 Å². The third-order valence-electron chi connectivity index (χ3n) is 4.49. The molecule has 0 spiro atoms. The lowest BCUT2D eigenvalue weighted by molar-refractivity contribution is -0.143. The largest absolute Gasteiger partial charge is 0.490 e. The maximum atomic E-state index is 12.4. The van der Waals surface area contributed by atoms with Crippen LogP contribution in [0.1, 0.15) is 23.2 Å². The summed E-state index contributed by atoms with van der Waals surface area (Å²) in [4.78, 5) is 37.6. The maximum Gasteiger partial charge on any atom is 0.307 e. The van der Waals surface area contributed by atoms with Gasteiger partial charge in [-0.1, -0.05) is 12.1 Å². The normalized spacial score (nSPS) is 17.5. The van der Waals surface area contributed by atoms with E-state index in [4.69, 9.17) is 14.2 Å². The van der Waals surface area contributed by atoms with E-state index in [-0.39, 0.29) is 18.1 Å². The van der Waals surface area contributed by atoms with E-state index >= 15 is 0 Å². The van der Waals surface area contributed by atoms with Gasteiger partial charge in [0.1, 0.15) is 0 Å². The minimum Gasteiger partial charge on any atom is -0.490 e. The molecule has 8 heteroatoms. The SMILES string of the molecule is O=C(C[C@@H]1Sc2ccccc2NC1=O)OCC(=O)c1ccc2c(c1)OCCCO2. The van der Waals surface area contributed by atoms with Gasteiger partial charge in [-0.3, -0.25) is 14.4 Å². The van der Waals surface area contributed by atoms with E-state index in [1.165, 1.54) is 11.8 Å². The molecule has 0 bridgehead atoms. The fourth-order valence-corrected chi connectivity index (χ4v) is 4.10. The Bertz CT molecular complexity index is 960. The summed E-state index contributed by atoms with van der Waals surface area (Å²) in [6.07, 6.45) is 0.659. The van der Waals surface area contributed by atoms with Crippen molar-refractivity contribution in [1.29, 1.82) is 0 Å². The Balaban J connectivity index is 1.32. The number of benzene rings is 2. The molecular formula is C21H19NO6S. The Morgan fingerprint density at radius 2 is 1.90 bits per heavy atom. The van der Waals surface area contributed by atoms with Crippen LogP contribution in [0.2, 0.25) is 0 Å². The van der Waals surface area contributed by atoms with Gasteiger partial charge >= 0.3 is 5.97 Å². The first-order valence-electron chi connectivity index (χ1n) is 9.25. The average molecular weight is 413 g/mol. The number of nitrogens with one attached hydrogen (secondary N) is 1. The van der Waals surface area contributed by atoms with Crippen LogP contribution in [-0.4, -0.2) is 42.7 Å². The van der Waals surface area contributed by atoms with Crippen molar-refractivity contribution in [3.63, 3.8) is 0 Å². The number of ketones is 1. The van der Waals surface area contributed by atoms with E-state index in [0.717, 1.165) is 17.0 Å². The molecule has 150 valence electrons. The number of rotatable bonds is 5. The number of esters is 1. The van der Waals surface area contributed by atoms with Gasteiger partial charge in [-0.15, -0.1) is 11.8 Å². The van der Waals surface area contributed by atoms with Crippen molar-refractivity contribution in [2.45, 2.75) is 23.0 Å². The second-order valence-corrected chi connectivity index (χ2v) is 7.84. The molecule has 0 unspecified atom stereocenters. The predicted octanol–water partition coefficient (Wildman–Crippen LogP) is 3.08. The predicted molar refractivity (Wildman–Crippen MR) is 107 cm³/mol. The summed E-state index contributed by atoms with van der Waals surface area (Å²) >= 11 is 1.31. The standard InChI is InChI=1S/C21H19NO6S/c23-15(13-6-7-16-17(10-13)27-9-3-8-26-16)12-28-20(24)11-19-21(25)22-14-4-1-2-5-18(14)29-19/h1-2,4-7,10,19H,3,8-9,11-12H2,(H,22,25)/t19-/m0/s1. The summed E-state index contributed by atoms with van der Waals surface area (Å²) in [6, 6.07) is 12.3. The van der Waals surface area contributed by atoms with Gasteiger partial charge in [0.2, 0.25) is 5.91 Å². The monoisotopic (exact) mass is 413 g/mol. The summed E-state index contributed by atoms with van der Waals surface area (Å²) < 4.78 is 16.2. The minimum absolute atomic E-state index is 0.112. The van der Waals surface area contributed by atoms with Crippen molar-refractivity contribution in [1.82, 2.24) is 0 Å². The number of ether oxygens (including phenoxy) is 3. The highest BCUT2D eigenvalue weighted by atomic mass is 32.2. The molecule has 2 aromatic rings. The Kier molecular flexibility index (Phi) is 5.71. The van der Waals surface area contributed by atoms with Crippen molar-refractivity contribution in [3.8, 4) is 11.5 Å². The third kappa shape index (κ3) is 4.54. The van der Waals surface area contributed by atoms with E-state index in [1.54, 1.807) is 18.2 Å². The summed E-state index contributed by atoms with van der Waals surface area (Å²) in [5, 5.41) is 2.19. The number of hydrogen-bond acceptors (Lipinski definition) is 7. The molecule has 0 fully saturated rings. The molecule has 2 aliphatic rings. The molecule has 0 saturated heterocycles. The molecule has 2 aromatic carbocycles. The van der Waals surface area contributed by atoms with Crippen LogP contribution >= 0.6 is 11.8 Å². The first-order chi connectivity index (χ1) is 14.1. The van der Waals surface area contributed by atoms with E-state index in [0.29, 0.717) is 30.3 Å². The van der Waals surface area contributed by atoms with Crippen LogP contribution in [0, 0.1) is 0 Å². The highest BCUT2D eigenvalue weighted by molar-refractivity contribution is 8.01. The molecule has 29 heavy (non-hydrogen) atoms. The lowest BCUT2D eigenvalue weighted by atomic mass is 10.1. The van der Waals surface area contributed by atoms with Gasteiger partial charge in [0.15, 0.2) is 23.9 Å². The van der Waals surface area contributed by atoms with Gasteiger partial charge in [0.05, 0.1) is 30.6 Å². The van der Waals surface area contributed by atoms with Crippen molar-refractivity contribution < 1.29 is 28.6 Å². The summed E-state index contributed by atoms with van der Waals surface area (Å²) in [5.74, 6) is -0.0926. The van der Waals surface area contributed by atoms with Crippen molar-refractivity contribution in [2.75, 3.05) is 25.1 Å². The lowest BCUT2D eigenvalue weighted by Gasteiger charge is -2.23. The van der Waals surface area contributed by atoms with Crippen LogP contribution in [0.15, 0.2) is 47.4 Å². The van der Waals surface area contributed by atoms with Gasteiger partial charge < -0.3 is 19.5 Å². The molecule has 0 aliphatic carbocycles. The highest BCUT2D eigenvalue weighted by Crippen LogP contribution is 2.36. The van der Waals surface area contributed by atoms with Crippen LogP contribution in [0.25, 0.3) is 0 Å². The van der Waals surface area contributed by atoms with Crippen LogP contribution in [0.5, 0.6) is 11.5 Å². The number of carbonyl (C=O) groups is 3. The van der Waals surface area contributed by atoms with E-state index < -0.39 is 17.8 Å². The van der Waals surface area contributed by atoms with Gasteiger partial charge in [-0.25, -0.2) is 0 Å². The van der Waals surface area contributed by atoms with Crippen molar-refractivity contribution in [3.05, 3.63) is 48.0 Å². The first kappa shape index (κ1) is 19.3. The lowest BCUT2D eigenvalue weighted by Crippen LogP contribution is -2.31. The summed E-state index contributed by atoms with van der Waals surface area (Å²) in [5.41, 5.74) is 1.11. The van der Waals surface area contributed by atoms with Crippen LogP contribution < -0.4 is 14.8 Å². The second-order valence-electron chi connectivity index (χ2n) is 6.59. The van der Waals surface area contributed by atoms with Crippen LogP contribution in [-0.2, 0) is 14.3 Å². The number of amides is 1. The number of carbonyl (C=O) groups excluding carboxylic acids is 3. The van der Waals surface area contributed by atoms with Gasteiger partial charge in [-0.05, 0) is 30.3 Å². The number of fused-ring (bicyclic) bond motifs is 2. The molecular weight excluding hydrogens is 394 g/mol. The average Bonchev–Trinajstić information content (AvgIpc) is 2.97. The van der Waals surface area contributed by atoms with Gasteiger partial charge in [0, 0.05) is 16.9 Å². The smallest absolute Gasteiger partial charge is 0.307 e. The quantitative estimate of drug-likeness (QED) is 0.595. The van der Waals surface area contributed by atoms with Gasteiger partial charge in [-0.2, -0.15) is 0 Å². The Hall–Kier alpha value is -3.00. The molecule has 2 heterocycles. The van der Waals surface area contributed by atoms with Gasteiger partial charge in [0.25, 0.3) is 0 Å². The molecule has 4 rings (SSSR count). The zero-order valence-corrected chi connectivity index (χ0v) is 16.3. The Morgan fingerprint density at radius 1 is 1.10 bits per heavy atom. The number of thioether (sulfide) groups is 1. The zero-order valence-electron chi connectivity index (χ0n) is 15.5. The third-order valence-corrected chi connectivity index (χ3v) is 5.77. The van der Waals surface area contributed by atoms with Crippen LogP contribution in [0.3, 0.4) is 0 Å². The summed E-state index contributed by atoms with van der Waals surface area (Å²) in [6.45, 7) is 0.688. The minimum atomic E-state index is -0.597. The summed E-state index contributed by atoms with van der Waals surface area (Å²) in [7, 11) is 0. The molecule has 0 aromatic heterocycles. The molecule has 1 atom stereocenters. The number of hydrogen-bond donors (Lipinski definition) is 1. The van der Waals surface area contributed by atoms with E-state index in [9.17, 15) is 14.4 Å². The highest BCUT2D eigenvalue weighted by Gasteiger charge is 2.29. The number of anilines is 1. The number of Topliss-reactive ketones (excluding diaryl/α,β-unsaturated/α-hetero) is 1. The molecule has 0 radical (unpaired) electrons. The molecule has 0 saturated carbocycles. The zero-order chi connectivity index (χ0) is 20.2. The second kappa shape index (κ2) is 8.57. The van der Waals surface area contributed by atoms with Crippen molar-refractivity contribution >= 4 is 35.1 Å². The molecule has 7 nitrogen and oxygen atoms in total. The fraction of sp³-hybridized carbons (Fsp3) is 0.286.